The summed E-state index contributed by atoms with van der Waals surface area (Å²) in [6.07, 6.45) is 0. The zero-order valence-electron chi connectivity index (χ0n) is 5.34. The molecule has 0 amide bonds. The fraction of sp³-hybridized carbons (Fsp3) is 0. The molecule has 0 radical (unpaired) electrons. The van der Waals surface area contributed by atoms with Crippen molar-refractivity contribution in [2.75, 3.05) is 0 Å². The third kappa shape index (κ3) is 173. The van der Waals surface area contributed by atoms with Crippen molar-refractivity contribution in [3.05, 3.63) is 30.6 Å². The van der Waals surface area contributed by atoms with Gasteiger partial charge in [0.15, 0.2) is 0 Å². The summed E-state index contributed by atoms with van der Waals surface area (Å²) in [5.41, 5.74) is 0. The summed E-state index contributed by atoms with van der Waals surface area (Å²) in [6.45, 7) is 0. The normalized spacial score (nSPS) is 4.80. The van der Waals surface area contributed by atoms with Crippen molar-refractivity contribution in [3.8, 4) is 0 Å². The van der Waals surface area contributed by atoms with E-state index in [-0.39, 0.29) is 127 Å². The molecule has 0 aliphatic heterocycles. The van der Waals surface area contributed by atoms with Crippen molar-refractivity contribution in [3.63, 3.8) is 0 Å². The van der Waals surface area contributed by atoms with Crippen molar-refractivity contribution in [2.45, 2.75) is 0 Å². The van der Waals surface area contributed by atoms with Crippen LogP contribution in [0.3, 0.4) is 0 Å². The van der Waals surface area contributed by atoms with Gasteiger partial charge < -0.3 is 30.6 Å². The summed E-state index contributed by atoms with van der Waals surface area (Å²) in [4.78, 5) is 16.5. The molecule has 0 aromatic carbocycles. The van der Waals surface area contributed by atoms with E-state index in [2.05, 4.69) is 0 Å². The standard InChI is InChI=1S/Cs.2NO3.Rb/c;2*2-1(3)4;/q+1;2*-1;+1. The average Bonchev–Trinajstić information content (AvgIpc) is 1.25. The first kappa shape index (κ1) is 22.8. The van der Waals surface area contributed by atoms with E-state index in [1.165, 1.54) is 0 Å². The molecule has 10 heavy (non-hydrogen) atoms. The van der Waals surface area contributed by atoms with Crippen LogP contribution in [0.1, 0.15) is 0 Å². The Labute approximate surface area is 163 Å². The molecule has 0 saturated heterocycles. The quantitative estimate of drug-likeness (QED) is 0.318. The average molecular weight is 342 g/mol. The molecule has 0 heterocycles. The first-order valence-corrected chi connectivity index (χ1v) is 1.10. The van der Waals surface area contributed by atoms with Crippen molar-refractivity contribution in [1.29, 1.82) is 0 Å². The van der Waals surface area contributed by atoms with Crippen LogP contribution in [-0.2, 0) is 0 Å². The molecule has 10 heteroatoms. The molecular weight excluding hydrogens is 342 g/mol. The van der Waals surface area contributed by atoms with E-state index in [0.29, 0.717) is 0 Å². The molecule has 0 unspecified atom stereocenters. The molecule has 0 N–H and O–H groups in total. The van der Waals surface area contributed by atoms with Gasteiger partial charge in [0.05, 0.1) is 10.2 Å². The minimum atomic E-state index is -1.75. The molecule has 0 spiro atoms. The van der Waals surface area contributed by atoms with Gasteiger partial charge >= 0.3 is 127 Å². The van der Waals surface area contributed by atoms with Gasteiger partial charge in [0.2, 0.25) is 0 Å². The molecule has 8 nitrogen and oxygen atoms in total. The van der Waals surface area contributed by atoms with E-state index < -0.39 is 10.2 Å². The van der Waals surface area contributed by atoms with Crippen molar-refractivity contribution in [2.24, 2.45) is 0 Å². The van der Waals surface area contributed by atoms with Crippen LogP contribution in [-0.4, -0.2) is 10.2 Å². The zero-order valence-corrected chi connectivity index (χ0v) is 16.5. The van der Waals surface area contributed by atoms with Crippen LogP contribution in [0.15, 0.2) is 0 Å². The minimum Gasteiger partial charge on any atom is -0.356 e. The van der Waals surface area contributed by atoms with Crippen LogP contribution in [0.4, 0.5) is 0 Å². The summed E-state index contributed by atoms with van der Waals surface area (Å²) in [6, 6.07) is 0. The van der Waals surface area contributed by atoms with Gasteiger partial charge in [-0.25, -0.2) is 0 Å². The van der Waals surface area contributed by atoms with Crippen LogP contribution in [0.5, 0.6) is 0 Å². The number of rotatable bonds is 0. The second-order valence-corrected chi connectivity index (χ2v) is 0.447. The first-order valence-electron chi connectivity index (χ1n) is 1.10. The number of hydrogen-bond acceptors (Lipinski definition) is 6. The van der Waals surface area contributed by atoms with Crippen LogP contribution >= 0.6 is 0 Å². The molecule has 0 fully saturated rings. The van der Waals surface area contributed by atoms with E-state index in [1.54, 1.807) is 0 Å². The molecule has 0 aromatic heterocycles. The van der Waals surface area contributed by atoms with Crippen molar-refractivity contribution in [1.82, 2.24) is 0 Å². The molecule has 0 bridgehead atoms. The Morgan fingerprint density at radius 3 is 0.800 bits per heavy atom. The second-order valence-electron chi connectivity index (χ2n) is 0.447. The summed E-state index contributed by atoms with van der Waals surface area (Å²) < 4.78 is 0. The second kappa shape index (κ2) is 17.4. The van der Waals surface area contributed by atoms with E-state index >= 15 is 0 Å². The molecular formula is CsN2O6Rb. The molecule has 0 rings (SSSR count). The molecule has 0 atom stereocenters. The van der Waals surface area contributed by atoms with Crippen molar-refractivity contribution >= 4 is 0 Å². The van der Waals surface area contributed by atoms with Crippen LogP contribution in [0.2, 0.25) is 0 Å². The Balaban J connectivity index is -0.0000000300. The Morgan fingerprint density at radius 1 is 0.800 bits per heavy atom. The van der Waals surface area contributed by atoms with E-state index in [9.17, 15) is 0 Å². The fourth-order valence-corrected chi connectivity index (χ4v) is 0. The molecule has 0 aliphatic carbocycles. The summed E-state index contributed by atoms with van der Waals surface area (Å²) >= 11 is 0. The van der Waals surface area contributed by atoms with Crippen molar-refractivity contribution < 1.29 is 137 Å². The van der Waals surface area contributed by atoms with Gasteiger partial charge in [0.1, 0.15) is 0 Å². The Bertz CT molecular complexity index is 73.7. The van der Waals surface area contributed by atoms with Gasteiger partial charge in [-0.1, -0.05) is 0 Å². The van der Waals surface area contributed by atoms with Crippen LogP contribution in [0.25, 0.3) is 0 Å². The molecule has 0 aliphatic rings. The maximum Gasteiger partial charge on any atom is 1.00 e. The topological polar surface area (TPSA) is 132 Å². The van der Waals surface area contributed by atoms with E-state index in [4.69, 9.17) is 30.6 Å². The Morgan fingerprint density at radius 2 is 0.800 bits per heavy atom. The van der Waals surface area contributed by atoms with Gasteiger partial charge in [-0.05, 0) is 0 Å². The summed E-state index contributed by atoms with van der Waals surface area (Å²) in [5.74, 6) is 0. The smallest absolute Gasteiger partial charge is 0.356 e. The SMILES string of the molecule is O=[N+]([O-])[O-].O=[N+]([O-])[O-].[Cs+].[Rb+]. The predicted molar refractivity (Wildman–Crippen MR) is 20.7 cm³/mol. The monoisotopic (exact) mass is 342 g/mol. The third-order valence-electron chi connectivity index (χ3n) is 0. The van der Waals surface area contributed by atoms with Gasteiger partial charge in [0, 0.05) is 0 Å². The van der Waals surface area contributed by atoms with Gasteiger partial charge in [-0.2, -0.15) is 0 Å². The van der Waals surface area contributed by atoms with Crippen LogP contribution in [0, 0.1) is 30.6 Å². The maximum atomic E-state index is 8.25. The van der Waals surface area contributed by atoms with Gasteiger partial charge in [-0.3, -0.25) is 0 Å². The van der Waals surface area contributed by atoms with E-state index in [1.807, 2.05) is 0 Å². The minimum absolute atomic E-state index is 0. The van der Waals surface area contributed by atoms with E-state index in [0.717, 1.165) is 0 Å². The largest absolute Gasteiger partial charge is 1.00 e. The van der Waals surface area contributed by atoms with Crippen LogP contribution < -0.4 is 127 Å². The molecule has 48 valence electrons. The number of nitrogens with zero attached hydrogens (tertiary/aromatic N) is 2. The van der Waals surface area contributed by atoms with Gasteiger partial charge in [0.25, 0.3) is 0 Å². The third-order valence-corrected chi connectivity index (χ3v) is 0. The first-order chi connectivity index (χ1) is 3.46. The number of hydrogen-bond donors (Lipinski definition) is 0. The van der Waals surface area contributed by atoms with Gasteiger partial charge in [-0.15, -0.1) is 0 Å². The Hall–Kier alpha value is 2.26. The Kier molecular flexibility index (Phi) is 39.6. The molecule has 0 saturated carbocycles. The summed E-state index contributed by atoms with van der Waals surface area (Å²) in [5, 5.41) is 29.5. The molecule has 0 aromatic rings. The fourth-order valence-electron chi connectivity index (χ4n) is 0. The zero-order chi connectivity index (χ0) is 7.15. The predicted octanol–water partition coefficient (Wildman–Crippen LogP) is -6.47. The summed E-state index contributed by atoms with van der Waals surface area (Å²) in [7, 11) is 0. The maximum absolute atomic E-state index is 8.25.